The van der Waals surface area contributed by atoms with Crippen LogP contribution in [0.1, 0.15) is 26.7 Å². The molecule has 18 heavy (non-hydrogen) atoms. The van der Waals surface area contributed by atoms with E-state index in [0.717, 1.165) is 11.4 Å². The second-order valence-electron chi connectivity index (χ2n) is 4.08. The van der Waals surface area contributed by atoms with Crippen molar-refractivity contribution in [3.63, 3.8) is 0 Å². The molecule has 0 fully saturated rings. The van der Waals surface area contributed by atoms with E-state index in [1.807, 2.05) is 24.3 Å². The van der Waals surface area contributed by atoms with E-state index in [1.54, 1.807) is 23.7 Å². The first-order valence-corrected chi connectivity index (χ1v) is 7.02. The van der Waals surface area contributed by atoms with Gasteiger partial charge in [0.05, 0.1) is 0 Å². The van der Waals surface area contributed by atoms with E-state index in [9.17, 15) is 9.59 Å². The average molecular weight is 265 g/mol. The van der Waals surface area contributed by atoms with Gasteiger partial charge in [-0.15, -0.1) is 11.8 Å². The Kier molecular flexibility index (Phi) is 5.92. The fraction of sp³-hybridized carbons (Fsp3) is 0.429. The van der Waals surface area contributed by atoms with Crippen LogP contribution in [0, 0.1) is 0 Å². The maximum Gasteiger partial charge on any atom is 0.227 e. The topological polar surface area (TPSA) is 37.4 Å². The zero-order valence-corrected chi connectivity index (χ0v) is 11.9. The van der Waals surface area contributed by atoms with Gasteiger partial charge in [0.15, 0.2) is 0 Å². The summed E-state index contributed by atoms with van der Waals surface area (Å²) in [6.07, 6.45) is 0.588. The number of rotatable bonds is 6. The van der Waals surface area contributed by atoms with Crippen LogP contribution in [-0.2, 0) is 9.59 Å². The lowest BCUT2D eigenvalue weighted by atomic mass is 10.2. The molecule has 0 saturated carbocycles. The van der Waals surface area contributed by atoms with Gasteiger partial charge in [0.25, 0.3) is 0 Å². The van der Waals surface area contributed by atoms with Gasteiger partial charge in [0.1, 0.15) is 5.78 Å². The molecule has 1 amide bonds. The van der Waals surface area contributed by atoms with Crippen LogP contribution in [0.15, 0.2) is 29.2 Å². The van der Waals surface area contributed by atoms with Gasteiger partial charge in [-0.1, -0.05) is 6.92 Å². The number of thioether (sulfide) groups is 1. The molecule has 0 aliphatic rings. The summed E-state index contributed by atoms with van der Waals surface area (Å²) in [5.74, 6) is 1.06. The van der Waals surface area contributed by atoms with Crippen LogP contribution >= 0.6 is 11.8 Å². The monoisotopic (exact) mass is 265 g/mol. The van der Waals surface area contributed by atoms with Crippen molar-refractivity contribution in [3.8, 4) is 0 Å². The molecule has 0 N–H and O–H groups in total. The Morgan fingerprint density at radius 2 is 1.78 bits per heavy atom. The van der Waals surface area contributed by atoms with Crippen LogP contribution in [0.25, 0.3) is 0 Å². The maximum absolute atomic E-state index is 11.8. The van der Waals surface area contributed by atoms with Gasteiger partial charge >= 0.3 is 0 Å². The minimum atomic E-state index is -0.0268. The second-order valence-corrected chi connectivity index (χ2v) is 5.42. The Bertz CT molecular complexity index is 414. The standard InChI is InChI=1S/C14H19NO2S/c1-4-18-13-8-6-12(7-9-13)15(3)14(17)10-5-11(2)16/h6-9H,4-5,10H2,1-3H3. The van der Waals surface area contributed by atoms with Gasteiger partial charge in [0, 0.05) is 30.5 Å². The highest BCUT2D eigenvalue weighted by molar-refractivity contribution is 7.99. The van der Waals surface area contributed by atoms with E-state index in [-0.39, 0.29) is 18.1 Å². The summed E-state index contributed by atoms with van der Waals surface area (Å²) >= 11 is 1.77. The quantitative estimate of drug-likeness (QED) is 0.742. The predicted molar refractivity (Wildman–Crippen MR) is 76.2 cm³/mol. The molecule has 1 rings (SSSR count). The summed E-state index contributed by atoms with van der Waals surface area (Å²) in [4.78, 5) is 25.5. The van der Waals surface area contributed by atoms with Crippen LogP contribution in [0.3, 0.4) is 0 Å². The normalized spacial score (nSPS) is 10.2. The van der Waals surface area contributed by atoms with Crippen molar-refractivity contribution in [3.05, 3.63) is 24.3 Å². The Balaban J connectivity index is 2.62. The number of ketones is 1. The molecule has 0 bridgehead atoms. The van der Waals surface area contributed by atoms with Gasteiger partial charge in [0.2, 0.25) is 5.91 Å². The van der Waals surface area contributed by atoms with Gasteiger partial charge < -0.3 is 9.69 Å². The third kappa shape index (κ3) is 4.53. The zero-order chi connectivity index (χ0) is 13.5. The molecule has 0 heterocycles. The molecule has 1 aromatic rings. The Labute approximate surface area is 113 Å². The minimum absolute atomic E-state index is 0.0268. The summed E-state index contributed by atoms with van der Waals surface area (Å²) in [7, 11) is 1.74. The fourth-order valence-electron chi connectivity index (χ4n) is 1.53. The Hall–Kier alpha value is -1.29. The predicted octanol–water partition coefficient (Wildman–Crippen LogP) is 3.13. The highest BCUT2D eigenvalue weighted by atomic mass is 32.2. The summed E-state index contributed by atoms with van der Waals surface area (Å²) in [6.45, 7) is 3.61. The molecule has 98 valence electrons. The first-order valence-electron chi connectivity index (χ1n) is 6.03. The van der Waals surface area contributed by atoms with Crippen molar-refractivity contribution in [2.24, 2.45) is 0 Å². The molecule has 0 aliphatic carbocycles. The molecule has 0 aromatic heterocycles. The molecular formula is C14H19NO2S. The summed E-state index contributed by atoms with van der Waals surface area (Å²) in [5, 5.41) is 0. The summed E-state index contributed by atoms with van der Waals surface area (Å²) in [6, 6.07) is 7.89. The number of Topliss-reactive ketones (excluding diaryl/α,β-unsaturated/α-hetero) is 1. The largest absolute Gasteiger partial charge is 0.315 e. The lowest BCUT2D eigenvalue weighted by Crippen LogP contribution is -2.26. The molecule has 4 heteroatoms. The van der Waals surface area contributed by atoms with Gasteiger partial charge in [-0.25, -0.2) is 0 Å². The van der Waals surface area contributed by atoms with Gasteiger partial charge in [-0.3, -0.25) is 4.79 Å². The summed E-state index contributed by atoms with van der Waals surface area (Å²) < 4.78 is 0. The van der Waals surface area contributed by atoms with Crippen LogP contribution in [-0.4, -0.2) is 24.5 Å². The third-order valence-corrected chi connectivity index (χ3v) is 3.49. The molecule has 1 aromatic carbocycles. The lowest BCUT2D eigenvalue weighted by Gasteiger charge is -2.17. The first kappa shape index (κ1) is 14.8. The summed E-state index contributed by atoms with van der Waals surface area (Å²) in [5.41, 5.74) is 0.865. The highest BCUT2D eigenvalue weighted by Crippen LogP contribution is 2.21. The molecule has 0 aliphatic heterocycles. The molecule has 0 unspecified atom stereocenters. The van der Waals surface area contributed by atoms with Crippen molar-refractivity contribution in [2.45, 2.75) is 31.6 Å². The van der Waals surface area contributed by atoms with E-state index in [2.05, 4.69) is 6.92 Å². The minimum Gasteiger partial charge on any atom is -0.315 e. The number of benzene rings is 1. The Morgan fingerprint density at radius 1 is 1.17 bits per heavy atom. The molecule has 0 spiro atoms. The van der Waals surface area contributed by atoms with Gasteiger partial charge in [-0.05, 0) is 36.9 Å². The molecule has 0 saturated heterocycles. The molecule has 0 radical (unpaired) electrons. The molecule has 3 nitrogen and oxygen atoms in total. The van der Waals surface area contributed by atoms with E-state index in [4.69, 9.17) is 0 Å². The fourth-order valence-corrected chi connectivity index (χ4v) is 2.19. The number of anilines is 1. The third-order valence-electron chi connectivity index (χ3n) is 2.60. The SMILES string of the molecule is CCSc1ccc(N(C)C(=O)CCC(C)=O)cc1. The van der Waals surface area contributed by atoms with E-state index in [1.165, 1.54) is 11.8 Å². The van der Waals surface area contributed by atoms with E-state index < -0.39 is 0 Å². The van der Waals surface area contributed by atoms with Crippen molar-refractivity contribution < 1.29 is 9.59 Å². The average Bonchev–Trinajstić information content (AvgIpc) is 2.36. The van der Waals surface area contributed by atoms with Crippen molar-refractivity contribution in [2.75, 3.05) is 17.7 Å². The van der Waals surface area contributed by atoms with Crippen LogP contribution in [0.5, 0.6) is 0 Å². The van der Waals surface area contributed by atoms with E-state index in [0.29, 0.717) is 6.42 Å². The van der Waals surface area contributed by atoms with Crippen LogP contribution in [0.4, 0.5) is 5.69 Å². The highest BCUT2D eigenvalue weighted by Gasteiger charge is 2.11. The van der Waals surface area contributed by atoms with Crippen molar-refractivity contribution in [1.82, 2.24) is 0 Å². The Morgan fingerprint density at radius 3 is 2.28 bits per heavy atom. The van der Waals surface area contributed by atoms with Gasteiger partial charge in [-0.2, -0.15) is 0 Å². The number of nitrogens with zero attached hydrogens (tertiary/aromatic N) is 1. The number of amides is 1. The van der Waals surface area contributed by atoms with Crippen LogP contribution < -0.4 is 4.90 Å². The number of carbonyl (C=O) groups excluding carboxylic acids is 2. The van der Waals surface area contributed by atoms with E-state index >= 15 is 0 Å². The first-order chi connectivity index (χ1) is 8.54. The number of carbonyl (C=O) groups is 2. The second kappa shape index (κ2) is 7.21. The molecule has 0 atom stereocenters. The zero-order valence-electron chi connectivity index (χ0n) is 11.1. The van der Waals surface area contributed by atoms with Crippen LogP contribution in [0.2, 0.25) is 0 Å². The number of hydrogen-bond acceptors (Lipinski definition) is 3. The number of hydrogen-bond donors (Lipinski definition) is 0. The maximum atomic E-state index is 11.8. The lowest BCUT2D eigenvalue weighted by molar-refractivity contribution is -0.122. The molecular weight excluding hydrogens is 246 g/mol. The smallest absolute Gasteiger partial charge is 0.227 e. The van der Waals surface area contributed by atoms with Crippen molar-refractivity contribution in [1.29, 1.82) is 0 Å². The van der Waals surface area contributed by atoms with Crippen molar-refractivity contribution >= 4 is 29.1 Å².